The number of para-hydroxylation sites is 3. The normalized spacial score (nSPS) is 17.1. The van der Waals surface area contributed by atoms with Crippen LogP contribution in [0.15, 0.2) is 60.2 Å². The fourth-order valence-electron chi connectivity index (χ4n) is 3.28. The Morgan fingerprint density at radius 1 is 1.04 bits per heavy atom. The van der Waals surface area contributed by atoms with Crippen LogP contribution in [0.1, 0.15) is 16.8 Å². The van der Waals surface area contributed by atoms with Crippen LogP contribution in [-0.4, -0.2) is 36.9 Å². The van der Waals surface area contributed by atoms with Gasteiger partial charge in [-0.2, -0.15) is 0 Å². The van der Waals surface area contributed by atoms with Gasteiger partial charge in [-0.3, -0.25) is 14.5 Å². The predicted molar refractivity (Wildman–Crippen MR) is 98.2 cm³/mol. The van der Waals surface area contributed by atoms with E-state index in [1.807, 2.05) is 55.6 Å². The van der Waals surface area contributed by atoms with Gasteiger partial charge in [0.2, 0.25) is 0 Å². The summed E-state index contributed by atoms with van der Waals surface area (Å²) in [4.78, 5) is 29.8. The average Bonchev–Trinajstić information content (AvgIpc) is 2.76. The quantitative estimate of drug-likeness (QED) is 0.872. The second-order valence-electron chi connectivity index (χ2n) is 6.37. The molecule has 5 nitrogen and oxygen atoms in total. The highest BCUT2D eigenvalue weighted by atomic mass is 16.2. The van der Waals surface area contributed by atoms with Gasteiger partial charge in [0.05, 0.1) is 22.6 Å². The van der Waals surface area contributed by atoms with Crippen molar-refractivity contribution in [3.63, 3.8) is 0 Å². The molecule has 2 aromatic carbocycles. The van der Waals surface area contributed by atoms with Crippen LogP contribution < -0.4 is 10.2 Å². The Balaban J connectivity index is 1.87. The largest absolute Gasteiger partial charge is 0.320 e. The third kappa shape index (κ3) is 2.72. The van der Waals surface area contributed by atoms with E-state index in [4.69, 9.17) is 0 Å². The zero-order valence-corrected chi connectivity index (χ0v) is 14.0. The van der Waals surface area contributed by atoms with Crippen LogP contribution in [0.4, 0.5) is 17.1 Å². The summed E-state index contributed by atoms with van der Waals surface area (Å²) in [5, 5.41) is 2.91. The van der Waals surface area contributed by atoms with E-state index < -0.39 is 0 Å². The molecule has 0 fully saturated rings. The van der Waals surface area contributed by atoms with Crippen molar-refractivity contribution in [2.24, 2.45) is 0 Å². The van der Waals surface area contributed by atoms with Gasteiger partial charge in [-0.05, 0) is 37.7 Å². The third-order valence-electron chi connectivity index (χ3n) is 4.67. The molecule has 0 bridgehead atoms. The van der Waals surface area contributed by atoms with Crippen molar-refractivity contribution in [2.75, 3.05) is 30.4 Å². The maximum atomic E-state index is 13.3. The first-order chi connectivity index (χ1) is 12.1. The molecule has 0 unspecified atom stereocenters. The summed E-state index contributed by atoms with van der Waals surface area (Å²) >= 11 is 0. The van der Waals surface area contributed by atoms with Crippen molar-refractivity contribution in [3.8, 4) is 0 Å². The number of anilines is 3. The van der Waals surface area contributed by atoms with Crippen molar-refractivity contribution >= 4 is 28.9 Å². The van der Waals surface area contributed by atoms with E-state index in [1.165, 1.54) is 0 Å². The summed E-state index contributed by atoms with van der Waals surface area (Å²) in [5.74, 6) is -0.264. The predicted octanol–water partition coefficient (Wildman–Crippen LogP) is 3.18. The van der Waals surface area contributed by atoms with Crippen LogP contribution in [0, 0.1) is 0 Å². The van der Waals surface area contributed by atoms with E-state index in [1.54, 1.807) is 11.0 Å². The van der Waals surface area contributed by atoms with Gasteiger partial charge < -0.3 is 10.2 Å². The first-order valence-corrected chi connectivity index (χ1v) is 8.36. The highest BCUT2D eigenvalue weighted by Gasteiger charge is 2.31. The minimum Gasteiger partial charge on any atom is -0.320 e. The smallest absolute Gasteiger partial charge is 0.258 e. The molecule has 0 atom stereocenters. The topological polar surface area (TPSA) is 52.7 Å². The average molecular weight is 333 g/mol. The lowest BCUT2D eigenvalue weighted by Crippen LogP contribution is -2.33. The fourth-order valence-corrected chi connectivity index (χ4v) is 3.28. The SMILES string of the molecule is CN1CC=C(C(=O)N2c3ccccc3NC(=O)c3ccccc32)CC1. The molecule has 0 saturated carbocycles. The molecule has 0 aliphatic carbocycles. The van der Waals surface area contributed by atoms with Gasteiger partial charge in [-0.25, -0.2) is 0 Å². The minimum atomic E-state index is -0.198. The lowest BCUT2D eigenvalue weighted by molar-refractivity contribution is -0.114. The maximum Gasteiger partial charge on any atom is 0.258 e. The zero-order valence-electron chi connectivity index (χ0n) is 14.0. The van der Waals surface area contributed by atoms with Gasteiger partial charge >= 0.3 is 0 Å². The first kappa shape index (κ1) is 15.6. The summed E-state index contributed by atoms with van der Waals surface area (Å²) in [6.07, 6.45) is 2.69. The highest BCUT2D eigenvalue weighted by Crippen LogP contribution is 2.38. The van der Waals surface area contributed by atoms with Gasteiger partial charge in [0, 0.05) is 18.7 Å². The molecular weight excluding hydrogens is 314 g/mol. The molecule has 0 aromatic heterocycles. The molecule has 2 aliphatic rings. The lowest BCUT2D eigenvalue weighted by atomic mass is 10.0. The lowest BCUT2D eigenvalue weighted by Gasteiger charge is -2.28. The van der Waals surface area contributed by atoms with Crippen LogP contribution in [0.3, 0.4) is 0 Å². The van der Waals surface area contributed by atoms with Crippen LogP contribution in [0.2, 0.25) is 0 Å². The third-order valence-corrected chi connectivity index (χ3v) is 4.67. The Hall–Kier alpha value is -2.92. The molecule has 2 aromatic rings. The number of carbonyl (C=O) groups excluding carboxylic acids is 2. The summed E-state index contributed by atoms with van der Waals surface area (Å²) in [7, 11) is 2.04. The summed E-state index contributed by atoms with van der Waals surface area (Å²) in [6.45, 7) is 1.61. The number of fused-ring (bicyclic) bond motifs is 2. The Bertz CT molecular complexity index is 888. The first-order valence-electron chi connectivity index (χ1n) is 8.36. The fraction of sp³-hybridized carbons (Fsp3) is 0.200. The maximum absolute atomic E-state index is 13.3. The molecule has 0 spiro atoms. The van der Waals surface area contributed by atoms with Gasteiger partial charge in [0.1, 0.15) is 0 Å². The number of nitrogens with one attached hydrogen (secondary N) is 1. The monoisotopic (exact) mass is 333 g/mol. The van der Waals surface area contributed by atoms with Crippen LogP contribution in [0.25, 0.3) is 0 Å². The van der Waals surface area contributed by atoms with E-state index in [0.29, 0.717) is 29.0 Å². The Labute approximate surface area is 146 Å². The number of likely N-dealkylation sites (N-methyl/N-ethyl adjacent to an activating group) is 1. The number of benzene rings is 2. The summed E-state index contributed by atoms with van der Waals surface area (Å²) in [5.41, 5.74) is 3.25. The Morgan fingerprint density at radius 2 is 1.76 bits per heavy atom. The van der Waals surface area contributed by atoms with Crippen molar-refractivity contribution in [1.29, 1.82) is 0 Å². The molecule has 2 heterocycles. The molecule has 4 rings (SSSR count). The number of rotatable bonds is 1. The van der Waals surface area contributed by atoms with Gasteiger partial charge in [0.25, 0.3) is 11.8 Å². The highest BCUT2D eigenvalue weighted by molar-refractivity contribution is 6.20. The number of hydrogen-bond acceptors (Lipinski definition) is 3. The van der Waals surface area contributed by atoms with E-state index in [2.05, 4.69) is 10.2 Å². The molecule has 2 aliphatic heterocycles. The standard InChI is InChI=1S/C20H19N3O2/c1-22-12-10-14(11-13-22)20(25)23-17-8-4-2-6-15(17)19(24)21-16-7-3-5-9-18(16)23/h2-10H,11-13H2,1H3,(H,21,24). The van der Waals surface area contributed by atoms with E-state index in [9.17, 15) is 9.59 Å². The molecule has 25 heavy (non-hydrogen) atoms. The van der Waals surface area contributed by atoms with Crippen LogP contribution in [0.5, 0.6) is 0 Å². The number of nitrogens with zero attached hydrogens (tertiary/aromatic N) is 2. The van der Waals surface area contributed by atoms with E-state index in [-0.39, 0.29) is 11.8 Å². The summed E-state index contributed by atoms with van der Waals surface area (Å²) < 4.78 is 0. The zero-order chi connectivity index (χ0) is 17.4. The molecule has 1 N–H and O–H groups in total. The number of carbonyl (C=O) groups is 2. The van der Waals surface area contributed by atoms with Gasteiger partial charge in [0.15, 0.2) is 0 Å². The number of amides is 2. The van der Waals surface area contributed by atoms with Crippen molar-refractivity contribution in [1.82, 2.24) is 4.90 Å². The van der Waals surface area contributed by atoms with Crippen LogP contribution in [-0.2, 0) is 4.79 Å². The van der Waals surface area contributed by atoms with E-state index >= 15 is 0 Å². The van der Waals surface area contributed by atoms with Gasteiger partial charge in [-0.15, -0.1) is 0 Å². The molecule has 5 heteroatoms. The molecule has 0 saturated heterocycles. The molecule has 126 valence electrons. The van der Waals surface area contributed by atoms with Crippen molar-refractivity contribution in [2.45, 2.75) is 6.42 Å². The second kappa shape index (κ2) is 6.18. The molecular formula is C20H19N3O2. The van der Waals surface area contributed by atoms with E-state index in [0.717, 1.165) is 18.7 Å². The summed E-state index contributed by atoms with van der Waals surface area (Å²) in [6, 6.07) is 14.7. The van der Waals surface area contributed by atoms with Crippen molar-refractivity contribution in [3.05, 3.63) is 65.7 Å². The van der Waals surface area contributed by atoms with Crippen LogP contribution >= 0.6 is 0 Å². The molecule has 2 amide bonds. The Morgan fingerprint density at radius 3 is 2.52 bits per heavy atom. The van der Waals surface area contributed by atoms with Crippen molar-refractivity contribution < 1.29 is 9.59 Å². The second-order valence-corrected chi connectivity index (χ2v) is 6.37. The van der Waals surface area contributed by atoms with Gasteiger partial charge in [-0.1, -0.05) is 30.3 Å². The minimum absolute atomic E-state index is 0.0653. The number of hydrogen-bond donors (Lipinski definition) is 1. The molecule has 0 radical (unpaired) electrons. The Kier molecular flexibility index (Phi) is 3.86.